The first-order chi connectivity index (χ1) is 11.8. The third-order valence-electron chi connectivity index (χ3n) is 4.02. The summed E-state index contributed by atoms with van der Waals surface area (Å²) in [5.41, 5.74) is 2.97. The molecule has 1 saturated heterocycles. The first kappa shape index (κ1) is 16.3. The third-order valence-corrected chi connectivity index (χ3v) is 4.02. The predicted molar refractivity (Wildman–Crippen MR) is 96.3 cm³/mol. The Morgan fingerprint density at radius 3 is 2.42 bits per heavy atom. The molecule has 0 radical (unpaired) electrons. The molecule has 2 aromatic rings. The maximum Gasteiger partial charge on any atom is 0.129 e. The summed E-state index contributed by atoms with van der Waals surface area (Å²) in [6.45, 7) is 3.34. The Hall–Kier alpha value is -2.53. The molecule has 0 amide bonds. The molecule has 1 aliphatic heterocycles. The summed E-state index contributed by atoms with van der Waals surface area (Å²) < 4.78 is 16.1. The van der Waals surface area contributed by atoms with Gasteiger partial charge in [0.2, 0.25) is 0 Å². The fourth-order valence-electron chi connectivity index (χ4n) is 2.64. The van der Waals surface area contributed by atoms with Crippen LogP contribution in [-0.2, 0) is 4.74 Å². The minimum atomic E-state index is 0.767. The lowest BCUT2D eigenvalue weighted by molar-refractivity contribution is 0.122. The van der Waals surface area contributed by atoms with E-state index < -0.39 is 0 Å². The molecule has 0 N–H and O–H groups in total. The van der Waals surface area contributed by atoms with E-state index in [0.717, 1.165) is 54.7 Å². The van der Waals surface area contributed by atoms with Crippen LogP contribution in [0, 0.1) is 0 Å². The fraction of sp³-hybridized carbons (Fsp3) is 0.316. The molecule has 3 rings (SSSR count). The van der Waals surface area contributed by atoms with Gasteiger partial charge in [-0.25, -0.2) is 0 Å². The SMILES string of the molecule is COc1ccc(N=Cc2ccc(N3CCOCC3)cc2OC)cc1. The average Bonchev–Trinajstić information content (AvgIpc) is 2.67. The normalized spacial score (nSPS) is 14.8. The van der Waals surface area contributed by atoms with Crippen LogP contribution in [0.15, 0.2) is 47.5 Å². The number of rotatable bonds is 5. The van der Waals surface area contributed by atoms with E-state index in [1.807, 2.05) is 36.5 Å². The molecule has 0 spiro atoms. The summed E-state index contributed by atoms with van der Waals surface area (Å²) in [5.74, 6) is 1.64. The summed E-state index contributed by atoms with van der Waals surface area (Å²) in [6, 6.07) is 13.8. The van der Waals surface area contributed by atoms with Gasteiger partial charge in [0.25, 0.3) is 0 Å². The van der Waals surface area contributed by atoms with Gasteiger partial charge >= 0.3 is 0 Å². The van der Waals surface area contributed by atoms with Crippen molar-refractivity contribution in [3.63, 3.8) is 0 Å². The van der Waals surface area contributed by atoms with Crippen molar-refractivity contribution in [3.8, 4) is 11.5 Å². The lowest BCUT2D eigenvalue weighted by Gasteiger charge is -2.29. The van der Waals surface area contributed by atoms with Crippen LogP contribution in [0.2, 0.25) is 0 Å². The van der Waals surface area contributed by atoms with Crippen molar-refractivity contribution in [1.29, 1.82) is 0 Å². The van der Waals surface area contributed by atoms with E-state index in [2.05, 4.69) is 22.0 Å². The van der Waals surface area contributed by atoms with Gasteiger partial charge in [-0.1, -0.05) is 0 Å². The van der Waals surface area contributed by atoms with Gasteiger partial charge in [0.15, 0.2) is 0 Å². The second kappa shape index (κ2) is 7.84. The zero-order chi connectivity index (χ0) is 16.8. The van der Waals surface area contributed by atoms with Crippen LogP contribution in [0.3, 0.4) is 0 Å². The Labute approximate surface area is 142 Å². The molecule has 0 aliphatic carbocycles. The van der Waals surface area contributed by atoms with Gasteiger partial charge < -0.3 is 19.1 Å². The maximum absolute atomic E-state index is 5.53. The van der Waals surface area contributed by atoms with Crippen LogP contribution in [0.25, 0.3) is 0 Å². The molecule has 0 bridgehead atoms. The van der Waals surface area contributed by atoms with Crippen molar-refractivity contribution in [3.05, 3.63) is 48.0 Å². The molecule has 2 aromatic carbocycles. The molecule has 1 heterocycles. The van der Waals surface area contributed by atoms with E-state index in [9.17, 15) is 0 Å². The molecule has 0 aromatic heterocycles. The quantitative estimate of drug-likeness (QED) is 0.791. The van der Waals surface area contributed by atoms with Crippen molar-refractivity contribution >= 4 is 17.6 Å². The maximum atomic E-state index is 5.53. The lowest BCUT2D eigenvalue weighted by atomic mass is 10.1. The smallest absolute Gasteiger partial charge is 0.129 e. The Kier molecular flexibility index (Phi) is 5.33. The number of methoxy groups -OCH3 is 2. The number of anilines is 1. The highest BCUT2D eigenvalue weighted by atomic mass is 16.5. The van der Waals surface area contributed by atoms with Crippen molar-refractivity contribution in [2.24, 2.45) is 4.99 Å². The monoisotopic (exact) mass is 326 g/mol. The molecule has 126 valence electrons. The highest BCUT2D eigenvalue weighted by Crippen LogP contribution is 2.26. The molecular weight excluding hydrogens is 304 g/mol. The summed E-state index contributed by atoms with van der Waals surface area (Å²) in [6.07, 6.45) is 1.82. The molecule has 1 fully saturated rings. The Bertz CT molecular complexity index is 692. The third kappa shape index (κ3) is 3.86. The zero-order valence-electron chi connectivity index (χ0n) is 14.1. The minimum absolute atomic E-state index is 0.767. The standard InChI is InChI=1S/C19H22N2O3/c1-22-18-7-4-16(5-8-18)20-14-15-3-6-17(13-19(15)23-2)21-9-11-24-12-10-21/h3-8,13-14H,9-12H2,1-2H3. The van der Waals surface area contributed by atoms with Gasteiger partial charge in [0, 0.05) is 36.6 Å². The van der Waals surface area contributed by atoms with Crippen LogP contribution >= 0.6 is 0 Å². The van der Waals surface area contributed by atoms with Crippen LogP contribution < -0.4 is 14.4 Å². The number of aliphatic imine (C=N–C) groups is 1. The van der Waals surface area contributed by atoms with Gasteiger partial charge in [-0.2, -0.15) is 0 Å². The first-order valence-electron chi connectivity index (χ1n) is 7.99. The molecule has 0 unspecified atom stereocenters. The topological polar surface area (TPSA) is 43.3 Å². The average molecular weight is 326 g/mol. The summed E-state index contributed by atoms with van der Waals surface area (Å²) in [4.78, 5) is 6.81. The van der Waals surface area contributed by atoms with Crippen LogP contribution in [0.5, 0.6) is 11.5 Å². The first-order valence-corrected chi connectivity index (χ1v) is 7.99. The van der Waals surface area contributed by atoms with E-state index in [4.69, 9.17) is 14.2 Å². The molecule has 0 atom stereocenters. The van der Waals surface area contributed by atoms with E-state index in [1.165, 1.54) is 0 Å². The summed E-state index contributed by atoms with van der Waals surface area (Å²) in [7, 11) is 3.34. The fourth-order valence-corrected chi connectivity index (χ4v) is 2.64. The Balaban J connectivity index is 1.77. The molecule has 0 saturated carbocycles. The predicted octanol–water partition coefficient (Wildman–Crippen LogP) is 3.29. The van der Waals surface area contributed by atoms with Crippen LogP contribution in [0.1, 0.15) is 5.56 Å². The van der Waals surface area contributed by atoms with Gasteiger partial charge in [-0.3, -0.25) is 4.99 Å². The number of nitrogens with zero attached hydrogens (tertiary/aromatic N) is 2. The van der Waals surface area contributed by atoms with Crippen LogP contribution in [0.4, 0.5) is 11.4 Å². The zero-order valence-corrected chi connectivity index (χ0v) is 14.1. The second-order valence-electron chi connectivity index (χ2n) is 5.48. The minimum Gasteiger partial charge on any atom is -0.497 e. The van der Waals surface area contributed by atoms with Crippen molar-refractivity contribution in [2.75, 3.05) is 45.4 Å². The molecule has 24 heavy (non-hydrogen) atoms. The molecule has 1 aliphatic rings. The number of benzene rings is 2. The second-order valence-corrected chi connectivity index (χ2v) is 5.48. The number of hydrogen-bond donors (Lipinski definition) is 0. The van der Waals surface area contributed by atoms with Gasteiger partial charge in [0.05, 0.1) is 33.1 Å². The van der Waals surface area contributed by atoms with E-state index in [1.54, 1.807) is 14.2 Å². The van der Waals surface area contributed by atoms with Crippen LogP contribution in [-0.4, -0.2) is 46.7 Å². The highest BCUT2D eigenvalue weighted by molar-refractivity contribution is 5.86. The van der Waals surface area contributed by atoms with Crippen molar-refractivity contribution in [2.45, 2.75) is 0 Å². The highest BCUT2D eigenvalue weighted by Gasteiger charge is 2.13. The summed E-state index contributed by atoms with van der Waals surface area (Å²) in [5, 5.41) is 0. The van der Waals surface area contributed by atoms with Crippen molar-refractivity contribution < 1.29 is 14.2 Å². The number of ether oxygens (including phenoxy) is 3. The Morgan fingerprint density at radius 2 is 1.75 bits per heavy atom. The summed E-state index contributed by atoms with van der Waals surface area (Å²) >= 11 is 0. The number of hydrogen-bond acceptors (Lipinski definition) is 5. The van der Waals surface area contributed by atoms with E-state index >= 15 is 0 Å². The van der Waals surface area contributed by atoms with Gasteiger partial charge in [-0.15, -0.1) is 0 Å². The largest absolute Gasteiger partial charge is 0.497 e. The number of morpholine rings is 1. The molecular formula is C19H22N2O3. The molecule has 5 heteroatoms. The van der Waals surface area contributed by atoms with Gasteiger partial charge in [0.1, 0.15) is 11.5 Å². The van der Waals surface area contributed by atoms with E-state index in [0.29, 0.717) is 0 Å². The Morgan fingerprint density at radius 1 is 1.00 bits per heavy atom. The van der Waals surface area contributed by atoms with Crippen molar-refractivity contribution in [1.82, 2.24) is 0 Å². The molecule has 5 nitrogen and oxygen atoms in total. The van der Waals surface area contributed by atoms with Gasteiger partial charge in [-0.05, 0) is 36.4 Å². The van der Waals surface area contributed by atoms with E-state index in [-0.39, 0.29) is 0 Å². The lowest BCUT2D eigenvalue weighted by Crippen LogP contribution is -2.36.